The molecule has 158 valence electrons. The normalized spacial score (nSPS) is 11.6. The molecule has 0 spiro atoms. The molecule has 1 aromatic heterocycles. The van der Waals surface area contributed by atoms with Crippen molar-refractivity contribution in [2.75, 3.05) is 11.1 Å². The zero-order valence-corrected chi connectivity index (χ0v) is 17.4. The summed E-state index contributed by atoms with van der Waals surface area (Å²) < 4.78 is 41.7. The predicted octanol–water partition coefficient (Wildman–Crippen LogP) is 6.43. The molecule has 0 saturated carbocycles. The van der Waals surface area contributed by atoms with E-state index < -0.39 is 23.3 Å². The Balaban J connectivity index is 1.59. The molecule has 9 heteroatoms. The molecule has 0 atom stereocenters. The van der Waals surface area contributed by atoms with E-state index in [1.54, 1.807) is 0 Å². The van der Waals surface area contributed by atoms with Gasteiger partial charge in [0.15, 0.2) is 5.16 Å². The molecular weight excluding hydrogens is 447 g/mol. The van der Waals surface area contributed by atoms with Crippen LogP contribution in [0.3, 0.4) is 0 Å². The number of imidazole rings is 1. The highest BCUT2D eigenvalue weighted by atomic mass is 35.5. The minimum atomic E-state index is -4.64. The van der Waals surface area contributed by atoms with Gasteiger partial charge in [-0.2, -0.15) is 13.2 Å². The first kappa shape index (κ1) is 21.3. The first-order chi connectivity index (χ1) is 14.8. The van der Waals surface area contributed by atoms with Crippen molar-refractivity contribution in [1.29, 1.82) is 0 Å². The fourth-order valence-electron chi connectivity index (χ4n) is 3.12. The van der Waals surface area contributed by atoms with Crippen LogP contribution >= 0.6 is 23.4 Å². The zero-order valence-electron chi connectivity index (χ0n) is 15.9. The number of carbonyl (C=O) groups is 1. The van der Waals surface area contributed by atoms with Gasteiger partial charge in [-0.05, 0) is 36.4 Å². The van der Waals surface area contributed by atoms with Crippen molar-refractivity contribution in [2.24, 2.45) is 0 Å². The van der Waals surface area contributed by atoms with Crippen molar-refractivity contribution in [3.8, 4) is 5.69 Å². The molecule has 0 bridgehead atoms. The van der Waals surface area contributed by atoms with Crippen molar-refractivity contribution in [1.82, 2.24) is 9.55 Å². The van der Waals surface area contributed by atoms with E-state index in [1.807, 2.05) is 59.2 Å². The number of hydrogen-bond donors (Lipinski definition) is 1. The molecule has 3 aromatic carbocycles. The lowest BCUT2D eigenvalue weighted by Crippen LogP contribution is -2.18. The molecule has 0 radical (unpaired) electrons. The van der Waals surface area contributed by atoms with E-state index in [0.29, 0.717) is 5.16 Å². The molecule has 4 rings (SSSR count). The lowest BCUT2D eigenvalue weighted by molar-refractivity contribution is -0.137. The van der Waals surface area contributed by atoms with Crippen LogP contribution in [-0.2, 0) is 11.0 Å². The molecule has 0 aliphatic carbocycles. The van der Waals surface area contributed by atoms with Gasteiger partial charge in [0.1, 0.15) is 0 Å². The van der Waals surface area contributed by atoms with Crippen LogP contribution in [0.4, 0.5) is 18.9 Å². The zero-order chi connectivity index (χ0) is 22.0. The number of nitrogens with zero attached hydrogens (tertiary/aromatic N) is 2. The quantitative estimate of drug-likeness (QED) is 0.348. The third-order valence-electron chi connectivity index (χ3n) is 4.46. The molecular formula is C22H15ClF3N3OS. The Morgan fingerprint density at radius 1 is 1.00 bits per heavy atom. The number of amides is 1. The van der Waals surface area contributed by atoms with Gasteiger partial charge in [0.05, 0.1) is 33.1 Å². The second kappa shape index (κ2) is 8.64. The van der Waals surface area contributed by atoms with E-state index in [-0.39, 0.29) is 10.8 Å². The summed E-state index contributed by atoms with van der Waals surface area (Å²) in [6, 6.07) is 20.4. The summed E-state index contributed by atoms with van der Waals surface area (Å²) in [6.45, 7) is 0. The Labute approximate surface area is 185 Å². The molecule has 1 heterocycles. The van der Waals surface area contributed by atoms with Crippen molar-refractivity contribution in [2.45, 2.75) is 11.3 Å². The molecule has 31 heavy (non-hydrogen) atoms. The van der Waals surface area contributed by atoms with Crippen molar-refractivity contribution >= 4 is 46.0 Å². The van der Waals surface area contributed by atoms with E-state index in [1.165, 1.54) is 12.1 Å². The van der Waals surface area contributed by atoms with Crippen LogP contribution < -0.4 is 5.32 Å². The minimum absolute atomic E-state index is 0.140. The fourth-order valence-corrected chi connectivity index (χ4v) is 4.17. The van der Waals surface area contributed by atoms with Crippen molar-refractivity contribution in [3.63, 3.8) is 0 Å². The summed E-state index contributed by atoms with van der Waals surface area (Å²) in [4.78, 5) is 17.1. The molecule has 1 amide bonds. The third-order valence-corrected chi connectivity index (χ3v) is 5.71. The Kier molecular flexibility index (Phi) is 5.93. The topological polar surface area (TPSA) is 46.9 Å². The van der Waals surface area contributed by atoms with Crippen LogP contribution in [0.15, 0.2) is 78.0 Å². The Bertz CT molecular complexity index is 1240. The fraction of sp³-hybridized carbons (Fsp3) is 0.0909. The standard InChI is InChI=1S/C22H15ClF3N3OS/c23-16-10-6-9-15(22(24,25)26)20(16)28-19(30)13-31-21-27-17-11-4-5-12-18(17)29(21)14-7-2-1-3-8-14/h1-12H,13H2,(H,28,30). The second-order valence-electron chi connectivity index (χ2n) is 6.55. The van der Waals surface area contributed by atoms with Crippen LogP contribution in [0.1, 0.15) is 5.56 Å². The number of nitrogens with one attached hydrogen (secondary N) is 1. The predicted molar refractivity (Wildman–Crippen MR) is 117 cm³/mol. The van der Waals surface area contributed by atoms with E-state index >= 15 is 0 Å². The highest BCUT2D eigenvalue weighted by Gasteiger charge is 2.34. The number of rotatable bonds is 5. The molecule has 4 nitrogen and oxygen atoms in total. The second-order valence-corrected chi connectivity index (χ2v) is 7.90. The Hall–Kier alpha value is -2.97. The van der Waals surface area contributed by atoms with Gasteiger partial charge in [-0.3, -0.25) is 9.36 Å². The number of hydrogen-bond acceptors (Lipinski definition) is 3. The number of thioether (sulfide) groups is 1. The van der Waals surface area contributed by atoms with Crippen molar-refractivity contribution in [3.05, 3.63) is 83.4 Å². The van der Waals surface area contributed by atoms with E-state index in [0.717, 1.165) is 34.5 Å². The lowest BCUT2D eigenvalue weighted by atomic mass is 10.1. The Morgan fingerprint density at radius 3 is 2.45 bits per heavy atom. The maximum atomic E-state index is 13.3. The summed E-state index contributed by atoms with van der Waals surface area (Å²) in [6.07, 6.45) is -4.64. The smallest absolute Gasteiger partial charge is 0.324 e. The van der Waals surface area contributed by atoms with Gasteiger partial charge >= 0.3 is 6.18 Å². The number of fused-ring (bicyclic) bond motifs is 1. The minimum Gasteiger partial charge on any atom is -0.324 e. The summed E-state index contributed by atoms with van der Waals surface area (Å²) >= 11 is 7.05. The first-order valence-corrected chi connectivity index (χ1v) is 10.5. The molecule has 4 aromatic rings. The SMILES string of the molecule is O=C(CSc1nc2ccccc2n1-c1ccccc1)Nc1c(Cl)cccc1C(F)(F)F. The Morgan fingerprint density at radius 2 is 1.71 bits per heavy atom. The van der Waals surface area contributed by atoms with Gasteiger partial charge in [-0.1, -0.05) is 59.8 Å². The van der Waals surface area contributed by atoms with Crippen molar-refractivity contribution < 1.29 is 18.0 Å². The van der Waals surface area contributed by atoms with Crippen LogP contribution in [0.2, 0.25) is 5.02 Å². The van der Waals surface area contributed by atoms with Gasteiger partial charge in [-0.15, -0.1) is 0 Å². The summed E-state index contributed by atoms with van der Waals surface area (Å²) in [5, 5.41) is 2.68. The highest BCUT2D eigenvalue weighted by Crippen LogP contribution is 2.38. The van der Waals surface area contributed by atoms with Gasteiger partial charge in [0, 0.05) is 5.69 Å². The number of carbonyl (C=O) groups excluding carboxylic acids is 1. The number of aromatic nitrogens is 2. The molecule has 0 unspecified atom stereocenters. The molecule has 0 saturated heterocycles. The summed E-state index contributed by atoms with van der Waals surface area (Å²) in [7, 11) is 0. The summed E-state index contributed by atoms with van der Waals surface area (Å²) in [5.41, 5.74) is 1.04. The van der Waals surface area contributed by atoms with E-state index in [4.69, 9.17) is 11.6 Å². The maximum absolute atomic E-state index is 13.3. The number of benzene rings is 3. The van der Waals surface area contributed by atoms with Crippen LogP contribution in [0, 0.1) is 0 Å². The monoisotopic (exact) mass is 461 g/mol. The largest absolute Gasteiger partial charge is 0.418 e. The average Bonchev–Trinajstić information content (AvgIpc) is 3.12. The number of para-hydroxylation sites is 4. The third kappa shape index (κ3) is 4.55. The average molecular weight is 462 g/mol. The van der Waals surface area contributed by atoms with E-state index in [9.17, 15) is 18.0 Å². The van der Waals surface area contributed by atoms with Gasteiger partial charge in [0.2, 0.25) is 5.91 Å². The maximum Gasteiger partial charge on any atom is 0.418 e. The van der Waals surface area contributed by atoms with Crippen LogP contribution in [0.5, 0.6) is 0 Å². The highest BCUT2D eigenvalue weighted by molar-refractivity contribution is 7.99. The van der Waals surface area contributed by atoms with Crippen LogP contribution in [0.25, 0.3) is 16.7 Å². The number of halogens is 4. The number of anilines is 1. The van der Waals surface area contributed by atoms with E-state index in [2.05, 4.69) is 10.3 Å². The van der Waals surface area contributed by atoms with Gasteiger partial charge in [0.25, 0.3) is 0 Å². The number of alkyl halides is 3. The molecule has 1 N–H and O–H groups in total. The molecule has 0 aliphatic heterocycles. The molecule has 0 aliphatic rings. The van der Waals surface area contributed by atoms with Crippen LogP contribution in [-0.4, -0.2) is 21.2 Å². The van der Waals surface area contributed by atoms with Gasteiger partial charge in [-0.25, -0.2) is 4.98 Å². The summed E-state index contributed by atoms with van der Waals surface area (Å²) in [5.74, 6) is -0.756. The lowest BCUT2D eigenvalue weighted by Gasteiger charge is -2.15. The van der Waals surface area contributed by atoms with Gasteiger partial charge < -0.3 is 5.32 Å². The molecule has 0 fully saturated rings. The first-order valence-electron chi connectivity index (χ1n) is 9.16.